The summed E-state index contributed by atoms with van der Waals surface area (Å²) in [5, 5.41) is 36.8. The normalized spacial score (nSPS) is 22.1. The first kappa shape index (κ1) is 23.9. The number of rotatable bonds is 6. The molecule has 5 rings (SSSR count). The summed E-state index contributed by atoms with van der Waals surface area (Å²) in [4.78, 5) is 0. The quantitative estimate of drug-likeness (QED) is 0.386. The smallest absolute Gasteiger partial charge is 0.194 e. The first-order valence-electron chi connectivity index (χ1n) is 10.9. The fourth-order valence-electron chi connectivity index (χ4n) is 4.23. The second-order valence-corrected chi connectivity index (χ2v) is 8.24. The zero-order chi connectivity index (χ0) is 25.4. The van der Waals surface area contributed by atoms with Crippen molar-refractivity contribution in [1.29, 1.82) is 0 Å². The third kappa shape index (κ3) is 4.32. The molecule has 188 valence electrons. The highest BCUT2D eigenvalue weighted by atomic mass is 19.2. The minimum Gasteiger partial charge on any atom is -0.497 e. The third-order valence-corrected chi connectivity index (χ3v) is 6.07. The molecular formula is C23H21F3N6O4. The summed E-state index contributed by atoms with van der Waals surface area (Å²) in [7, 11) is 1.55. The van der Waals surface area contributed by atoms with Gasteiger partial charge in [-0.25, -0.2) is 17.9 Å². The zero-order valence-corrected chi connectivity index (χ0v) is 18.9. The van der Waals surface area contributed by atoms with E-state index in [0.29, 0.717) is 17.3 Å². The minimum absolute atomic E-state index is 0.0211. The van der Waals surface area contributed by atoms with Gasteiger partial charge in [-0.15, -0.1) is 15.3 Å². The van der Waals surface area contributed by atoms with Gasteiger partial charge in [0.2, 0.25) is 0 Å². The Balaban J connectivity index is 1.47. The molecule has 13 heteroatoms. The molecule has 0 amide bonds. The Hall–Kier alpha value is -3.81. The molecule has 3 heterocycles. The van der Waals surface area contributed by atoms with Crippen LogP contribution in [0.2, 0.25) is 0 Å². The van der Waals surface area contributed by atoms with Crippen molar-refractivity contribution in [2.45, 2.75) is 30.8 Å². The van der Waals surface area contributed by atoms with E-state index >= 15 is 0 Å². The molecule has 0 radical (unpaired) electrons. The Labute approximate surface area is 202 Å². The zero-order valence-electron chi connectivity index (χ0n) is 18.9. The minimum atomic E-state index is -1.58. The van der Waals surface area contributed by atoms with Gasteiger partial charge in [-0.3, -0.25) is 4.57 Å². The summed E-state index contributed by atoms with van der Waals surface area (Å²) in [6.07, 6.45) is 0.164. The van der Waals surface area contributed by atoms with Gasteiger partial charge < -0.3 is 19.7 Å². The maximum Gasteiger partial charge on any atom is 0.194 e. The fraction of sp³-hybridized carbons (Fsp3) is 0.304. The summed E-state index contributed by atoms with van der Waals surface area (Å²) < 4.78 is 55.0. The monoisotopic (exact) mass is 502 g/mol. The summed E-state index contributed by atoms with van der Waals surface area (Å²) in [5.41, 5.74) is 0.764. The van der Waals surface area contributed by atoms with Crippen molar-refractivity contribution < 1.29 is 32.9 Å². The predicted octanol–water partition coefficient (Wildman–Crippen LogP) is 2.38. The Morgan fingerprint density at radius 2 is 1.92 bits per heavy atom. The molecule has 0 aliphatic carbocycles. The van der Waals surface area contributed by atoms with Gasteiger partial charge in [-0.1, -0.05) is 11.3 Å². The Kier molecular flexibility index (Phi) is 6.43. The van der Waals surface area contributed by atoms with Gasteiger partial charge >= 0.3 is 0 Å². The lowest BCUT2D eigenvalue weighted by Gasteiger charge is -2.38. The van der Waals surface area contributed by atoms with Gasteiger partial charge in [0.15, 0.2) is 23.3 Å². The van der Waals surface area contributed by atoms with Crippen LogP contribution in [-0.4, -0.2) is 65.9 Å². The number of aliphatic hydroxyl groups is 2. The molecule has 4 aromatic rings. The van der Waals surface area contributed by atoms with E-state index in [1.165, 1.54) is 17.2 Å². The molecule has 2 N–H and O–H groups in total. The van der Waals surface area contributed by atoms with Crippen LogP contribution in [0.5, 0.6) is 5.75 Å². The van der Waals surface area contributed by atoms with Crippen LogP contribution in [0.1, 0.15) is 24.4 Å². The molecule has 4 unspecified atom stereocenters. The van der Waals surface area contributed by atoms with Crippen molar-refractivity contribution in [2.75, 3.05) is 13.7 Å². The van der Waals surface area contributed by atoms with Crippen molar-refractivity contribution in [3.8, 4) is 22.7 Å². The van der Waals surface area contributed by atoms with Crippen LogP contribution in [0.15, 0.2) is 48.9 Å². The molecule has 1 fully saturated rings. The molecule has 0 saturated carbocycles. The van der Waals surface area contributed by atoms with Crippen molar-refractivity contribution in [2.24, 2.45) is 0 Å². The van der Waals surface area contributed by atoms with Crippen LogP contribution in [0.3, 0.4) is 0 Å². The Bertz CT molecular complexity index is 1360. The van der Waals surface area contributed by atoms with Gasteiger partial charge in [0.25, 0.3) is 0 Å². The maximum atomic E-state index is 13.7. The van der Waals surface area contributed by atoms with Crippen molar-refractivity contribution in [3.63, 3.8) is 0 Å². The molecule has 0 bridgehead atoms. The highest BCUT2D eigenvalue weighted by molar-refractivity contribution is 5.58. The topological polar surface area (TPSA) is 120 Å². The molecule has 2 aromatic heterocycles. The van der Waals surface area contributed by atoms with Gasteiger partial charge in [-0.05, 0) is 24.3 Å². The van der Waals surface area contributed by atoms with E-state index in [4.69, 9.17) is 9.47 Å². The molecular weight excluding hydrogens is 481 g/mol. The molecule has 4 atom stereocenters. The van der Waals surface area contributed by atoms with Crippen molar-refractivity contribution in [1.82, 2.24) is 29.8 Å². The van der Waals surface area contributed by atoms with E-state index in [2.05, 4.69) is 20.5 Å². The van der Waals surface area contributed by atoms with Crippen molar-refractivity contribution in [3.05, 3.63) is 72.2 Å². The van der Waals surface area contributed by atoms with Gasteiger partial charge in [0, 0.05) is 18.1 Å². The number of nitrogens with zero attached hydrogens (tertiary/aromatic N) is 6. The van der Waals surface area contributed by atoms with E-state index in [-0.39, 0.29) is 17.7 Å². The average Bonchev–Trinajstić information content (AvgIpc) is 3.58. The highest BCUT2D eigenvalue weighted by Gasteiger charge is 2.41. The maximum absolute atomic E-state index is 13.7. The molecule has 1 aliphatic rings. The number of aliphatic hydroxyl groups excluding tert-OH is 2. The lowest BCUT2D eigenvalue weighted by molar-refractivity contribution is -0.161. The van der Waals surface area contributed by atoms with Gasteiger partial charge in [0.1, 0.15) is 36.1 Å². The summed E-state index contributed by atoms with van der Waals surface area (Å²) in [6.45, 7) is -0.489. The SMILES string of the molecule is COc1cccc(-n2cnnc2C2CC(n3cc(-c4cc(F)c(F)c(F)c4)nn3)C(O)C(CO)O2)c1. The number of hydrogen-bond donors (Lipinski definition) is 2. The molecule has 2 aromatic carbocycles. The predicted molar refractivity (Wildman–Crippen MR) is 118 cm³/mol. The fourth-order valence-corrected chi connectivity index (χ4v) is 4.23. The lowest BCUT2D eigenvalue weighted by atomic mass is 9.95. The third-order valence-electron chi connectivity index (χ3n) is 6.07. The van der Waals surface area contributed by atoms with E-state index in [1.54, 1.807) is 29.9 Å². The second-order valence-electron chi connectivity index (χ2n) is 8.24. The summed E-state index contributed by atoms with van der Waals surface area (Å²) >= 11 is 0. The van der Waals surface area contributed by atoms with Gasteiger partial charge in [0.05, 0.1) is 31.6 Å². The van der Waals surface area contributed by atoms with Crippen LogP contribution in [-0.2, 0) is 4.74 Å². The second kappa shape index (κ2) is 9.68. The molecule has 36 heavy (non-hydrogen) atoms. The van der Waals surface area contributed by atoms with Gasteiger partial charge in [-0.2, -0.15) is 0 Å². The van der Waals surface area contributed by atoms with Crippen LogP contribution in [0.4, 0.5) is 13.2 Å². The molecule has 1 saturated heterocycles. The van der Waals surface area contributed by atoms with Crippen LogP contribution >= 0.6 is 0 Å². The highest BCUT2D eigenvalue weighted by Crippen LogP contribution is 2.38. The van der Waals surface area contributed by atoms with Crippen LogP contribution < -0.4 is 4.74 Å². The van der Waals surface area contributed by atoms with E-state index in [1.807, 2.05) is 6.07 Å². The Morgan fingerprint density at radius 3 is 2.64 bits per heavy atom. The number of ether oxygens (including phenoxy) is 2. The lowest BCUT2D eigenvalue weighted by Crippen LogP contribution is -2.45. The molecule has 1 aliphatic heterocycles. The molecule has 10 nitrogen and oxygen atoms in total. The molecule has 0 spiro atoms. The van der Waals surface area contributed by atoms with Crippen molar-refractivity contribution >= 4 is 0 Å². The Morgan fingerprint density at radius 1 is 1.14 bits per heavy atom. The van der Waals surface area contributed by atoms with E-state index < -0.39 is 48.4 Å². The standard InChI is InChI=1S/C23H21F3N6O4/c1-35-14-4-2-3-13(7-14)31-11-27-29-23(31)19-8-18(22(34)20(10-33)36-19)32-9-17(28-30-32)12-5-15(24)21(26)16(25)6-12/h2-7,9,11,18-20,22,33-34H,8,10H2,1H3. The number of benzene rings is 2. The van der Waals surface area contributed by atoms with Crippen LogP contribution in [0, 0.1) is 17.5 Å². The number of halogens is 3. The number of methoxy groups -OCH3 is 1. The first-order valence-corrected chi connectivity index (χ1v) is 10.9. The summed E-state index contributed by atoms with van der Waals surface area (Å²) in [6, 6.07) is 8.09. The van der Waals surface area contributed by atoms with Crippen LogP contribution in [0.25, 0.3) is 16.9 Å². The van der Waals surface area contributed by atoms with E-state index in [0.717, 1.165) is 12.1 Å². The largest absolute Gasteiger partial charge is 0.497 e. The average molecular weight is 502 g/mol. The number of aromatic nitrogens is 6. The number of hydrogen-bond acceptors (Lipinski definition) is 8. The first-order chi connectivity index (χ1) is 17.4. The van der Waals surface area contributed by atoms with E-state index in [9.17, 15) is 23.4 Å². The summed E-state index contributed by atoms with van der Waals surface area (Å²) in [5.74, 6) is -3.26.